The molecule has 0 radical (unpaired) electrons. The van der Waals surface area contributed by atoms with Gasteiger partial charge in [0.25, 0.3) is 0 Å². The Balaban J connectivity index is 1.86. The summed E-state index contributed by atoms with van der Waals surface area (Å²) in [5.74, 6) is 1.19. The highest BCUT2D eigenvalue weighted by atomic mass is 16.5. The van der Waals surface area contributed by atoms with Crippen molar-refractivity contribution >= 4 is 27.9 Å². The predicted octanol–water partition coefficient (Wildman–Crippen LogP) is 4.90. The first-order valence-electron chi connectivity index (χ1n) is 8.32. The molecule has 132 valence electrons. The van der Waals surface area contributed by atoms with Crippen LogP contribution in [0.25, 0.3) is 16.3 Å². The van der Waals surface area contributed by atoms with Gasteiger partial charge in [-0.25, -0.2) is 0 Å². The molecule has 1 amide bonds. The van der Waals surface area contributed by atoms with E-state index in [9.17, 15) is 4.79 Å². The van der Waals surface area contributed by atoms with Gasteiger partial charge in [0.1, 0.15) is 11.5 Å². The van der Waals surface area contributed by atoms with Gasteiger partial charge in [0.05, 0.1) is 14.2 Å². The zero-order valence-corrected chi connectivity index (χ0v) is 15.1. The van der Waals surface area contributed by atoms with Gasteiger partial charge in [0.2, 0.25) is 5.91 Å². The van der Waals surface area contributed by atoms with Crippen molar-refractivity contribution in [1.29, 1.82) is 0 Å². The third-order valence-corrected chi connectivity index (χ3v) is 4.23. The molecule has 0 heterocycles. The Hall–Kier alpha value is -3.27. The number of methoxy groups -OCH3 is 2. The number of rotatable bonds is 5. The number of fused-ring (bicyclic) bond motifs is 1. The molecular formula is C22H21NO3. The number of ether oxygens (including phenoxy) is 2. The number of hydrogen-bond acceptors (Lipinski definition) is 3. The topological polar surface area (TPSA) is 47.6 Å². The fourth-order valence-corrected chi connectivity index (χ4v) is 2.90. The second kappa shape index (κ2) is 7.74. The van der Waals surface area contributed by atoms with Crippen molar-refractivity contribution in [3.8, 4) is 11.5 Å². The molecule has 0 unspecified atom stereocenters. The van der Waals surface area contributed by atoms with Gasteiger partial charge in [-0.05, 0) is 36.1 Å². The Morgan fingerprint density at radius 2 is 1.73 bits per heavy atom. The number of anilines is 1. The van der Waals surface area contributed by atoms with E-state index in [2.05, 4.69) is 5.32 Å². The lowest BCUT2D eigenvalue weighted by Gasteiger charge is -2.11. The molecule has 0 saturated carbocycles. The van der Waals surface area contributed by atoms with Crippen LogP contribution in [0.15, 0.2) is 66.7 Å². The quantitative estimate of drug-likeness (QED) is 0.668. The number of hydrogen-bond donors (Lipinski definition) is 1. The van der Waals surface area contributed by atoms with Crippen LogP contribution in [0.4, 0.5) is 5.69 Å². The number of nitrogens with one attached hydrogen (secondary N) is 1. The highest BCUT2D eigenvalue weighted by Crippen LogP contribution is 2.30. The Labute approximate surface area is 153 Å². The van der Waals surface area contributed by atoms with E-state index in [4.69, 9.17) is 9.47 Å². The molecule has 3 aromatic carbocycles. The van der Waals surface area contributed by atoms with Crippen LogP contribution in [0, 0.1) is 0 Å². The molecular weight excluding hydrogens is 326 g/mol. The van der Waals surface area contributed by atoms with E-state index in [-0.39, 0.29) is 5.91 Å². The van der Waals surface area contributed by atoms with Crippen molar-refractivity contribution < 1.29 is 14.3 Å². The minimum atomic E-state index is -0.184. The second-order valence-corrected chi connectivity index (χ2v) is 5.91. The van der Waals surface area contributed by atoms with Crippen molar-refractivity contribution in [3.05, 3.63) is 72.3 Å². The van der Waals surface area contributed by atoms with Crippen LogP contribution in [0.2, 0.25) is 0 Å². The minimum absolute atomic E-state index is 0.184. The first-order valence-corrected chi connectivity index (χ1v) is 8.32. The Morgan fingerprint density at radius 1 is 0.962 bits per heavy atom. The molecule has 0 aliphatic carbocycles. The molecule has 0 aliphatic rings. The van der Waals surface area contributed by atoms with Crippen LogP contribution in [-0.4, -0.2) is 20.1 Å². The molecule has 0 aromatic heterocycles. The van der Waals surface area contributed by atoms with Crippen LogP contribution in [-0.2, 0) is 4.79 Å². The van der Waals surface area contributed by atoms with Crippen LogP contribution in [0.3, 0.4) is 0 Å². The number of amides is 1. The molecule has 0 bridgehead atoms. The largest absolute Gasteiger partial charge is 0.497 e. The van der Waals surface area contributed by atoms with Crippen LogP contribution >= 0.6 is 0 Å². The van der Waals surface area contributed by atoms with E-state index < -0.39 is 0 Å². The van der Waals surface area contributed by atoms with Gasteiger partial charge in [-0.1, -0.05) is 36.4 Å². The van der Waals surface area contributed by atoms with E-state index >= 15 is 0 Å². The summed E-state index contributed by atoms with van der Waals surface area (Å²) in [6, 6.07) is 19.3. The monoisotopic (exact) mass is 347 g/mol. The highest BCUT2D eigenvalue weighted by molar-refractivity contribution is 6.08. The van der Waals surface area contributed by atoms with Crippen molar-refractivity contribution in [3.63, 3.8) is 0 Å². The maximum absolute atomic E-state index is 12.5. The van der Waals surface area contributed by atoms with E-state index in [1.165, 1.54) is 0 Å². The smallest absolute Gasteiger partial charge is 0.248 e. The molecule has 0 spiro atoms. The third-order valence-electron chi connectivity index (χ3n) is 4.23. The molecule has 3 rings (SSSR count). The molecule has 0 saturated heterocycles. The average Bonchev–Trinajstić information content (AvgIpc) is 2.67. The molecule has 1 N–H and O–H groups in total. The molecule has 4 nitrogen and oxygen atoms in total. The van der Waals surface area contributed by atoms with E-state index in [0.717, 1.165) is 27.6 Å². The summed E-state index contributed by atoms with van der Waals surface area (Å²) in [6.45, 7) is 1.88. The van der Waals surface area contributed by atoms with Gasteiger partial charge < -0.3 is 14.8 Å². The lowest BCUT2D eigenvalue weighted by Crippen LogP contribution is -2.09. The van der Waals surface area contributed by atoms with Gasteiger partial charge in [-0.15, -0.1) is 0 Å². The first-order chi connectivity index (χ1) is 12.6. The number of allylic oxidation sites excluding steroid dienone is 1. The van der Waals surface area contributed by atoms with Crippen LogP contribution < -0.4 is 14.8 Å². The summed E-state index contributed by atoms with van der Waals surface area (Å²) >= 11 is 0. The van der Waals surface area contributed by atoms with E-state index in [1.54, 1.807) is 26.4 Å². The summed E-state index contributed by atoms with van der Waals surface area (Å²) in [5.41, 5.74) is 2.45. The summed E-state index contributed by atoms with van der Waals surface area (Å²) in [5, 5.41) is 5.06. The molecule has 26 heavy (non-hydrogen) atoms. The summed E-state index contributed by atoms with van der Waals surface area (Å²) in [6.07, 6.45) is 1.58. The number of carbonyl (C=O) groups excluding carboxylic acids is 1. The second-order valence-electron chi connectivity index (χ2n) is 5.91. The predicted molar refractivity (Wildman–Crippen MR) is 106 cm³/mol. The molecule has 0 fully saturated rings. The summed E-state index contributed by atoms with van der Waals surface area (Å²) in [7, 11) is 3.20. The first kappa shape index (κ1) is 17.5. The van der Waals surface area contributed by atoms with Crippen molar-refractivity contribution in [1.82, 2.24) is 0 Å². The number of benzene rings is 3. The Morgan fingerprint density at radius 3 is 2.50 bits per heavy atom. The van der Waals surface area contributed by atoms with Gasteiger partial charge >= 0.3 is 0 Å². The Bertz CT molecular complexity index is 971. The van der Waals surface area contributed by atoms with E-state index in [0.29, 0.717) is 11.5 Å². The SMILES string of the molecule is COc1ccc(/C(C)=C/C(=O)Nc2cccc3ccccc23)c(OC)c1. The van der Waals surface area contributed by atoms with Gasteiger partial charge in [0.15, 0.2) is 0 Å². The molecule has 3 aromatic rings. The fourth-order valence-electron chi connectivity index (χ4n) is 2.90. The van der Waals surface area contributed by atoms with Crippen molar-refractivity contribution in [2.24, 2.45) is 0 Å². The van der Waals surface area contributed by atoms with Gasteiger partial charge in [-0.2, -0.15) is 0 Å². The lowest BCUT2D eigenvalue weighted by atomic mass is 10.1. The fraction of sp³-hybridized carbons (Fsp3) is 0.136. The van der Waals surface area contributed by atoms with Crippen LogP contribution in [0.1, 0.15) is 12.5 Å². The minimum Gasteiger partial charge on any atom is -0.497 e. The van der Waals surface area contributed by atoms with E-state index in [1.807, 2.05) is 61.5 Å². The zero-order chi connectivity index (χ0) is 18.5. The van der Waals surface area contributed by atoms with Gasteiger partial charge in [-0.3, -0.25) is 4.79 Å². The summed E-state index contributed by atoms with van der Waals surface area (Å²) < 4.78 is 10.6. The molecule has 0 aliphatic heterocycles. The van der Waals surface area contributed by atoms with Crippen molar-refractivity contribution in [2.75, 3.05) is 19.5 Å². The number of carbonyl (C=O) groups is 1. The standard InChI is InChI=1S/C22H21NO3/c1-15(18-12-11-17(25-2)14-21(18)26-3)13-22(24)23-20-10-6-8-16-7-4-5-9-19(16)20/h4-14H,1-3H3,(H,23,24)/b15-13+. The third kappa shape index (κ3) is 3.70. The average molecular weight is 347 g/mol. The molecule has 4 heteroatoms. The highest BCUT2D eigenvalue weighted by Gasteiger charge is 2.09. The Kier molecular flexibility index (Phi) is 5.23. The van der Waals surface area contributed by atoms with Gasteiger partial charge in [0, 0.05) is 28.8 Å². The zero-order valence-electron chi connectivity index (χ0n) is 15.1. The van der Waals surface area contributed by atoms with Crippen molar-refractivity contribution in [2.45, 2.75) is 6.92 Å². The summed E-state index contributed by atoms with van der Waals surface area (Å²) in [4.78, 5) is 12.5. The molecule has 0 atom stereocenters. The maximum Gasteiger partial charge on any atom is 0.248 e. The maximum atomic E-state index is 12.5. The normalized spacial score (nSPS) is 11.3. The van der Waals surface area contributed by atoms with Crippen LogP contribution in [0.5, 0.6) is 11.5 Å². The lowest BCUT2D eigenvalue weighted by molar-refractivity contribution is -0.111.